The monoisotopic (exact) mass is 242 g/mol. The van der Waals surface area contributed by atoms with Crippen LogP contribution in [0.2, 0.25) is 0 Å². The van der Waals surface area contributed by atoms with E-state index in [9.17, 15) is 9.59 Å². The number of nitrogens with two attached hydrogens (primary N) is 1. The minimum absolute atomic E-state index is 0.236. The van der Waals surface area contributed by atoms with Gasteiger partial charge in [0.2, 0.25) is 5.91 Å². The van der Waals surface area contributed by atoms with E-state index in [0.717, 1.165) is 6.42 Å². The van der Waals surface area contributed by atoms with Crippen LogP contribution in [0.15, 0.2) is 0 Å². The van der Waals surface area contributed by atoms with E-state index < -0.39 is 17.6 Å². The third-order valence-electron chi connectivity index (χ3n) is 3.20. The summed E-state index contributed by atoms with van der Waals surface area (Å²) < 4.78 is 4.68. The maximum absolute atomic E-state index is 11.9. The average molecular weight is 242 g/mol. The van der Waals surface area contributed by atoms with Gasteiger partial charge in [0.25, 0.3) is 0 Å². The average Bonchev–Trinajstić information content (AvgIpc) is 2.22. The Labute approximate surface area is 102 Å². The predicted molar refractivity (Wildman–Crippen MR) is 64.2 cm³/mol. The van der Waals surface area contributed by atoms with Crippen molar-refractivity contribution in [1.29, 1.82) is 0 Å². The number of rotatable bonds is 5. The summed E-state index contributed by atoms with van der Waals surface area (Å²) in [4.78, 5) is 23.5. The van der Waals surface area contributed by atoms with Gasteiger partial charge in [0.15, 0.2) is 0 Å². The Bertz CT molecular complexity index is 298. The van der Waals surface area contributed by atoms with E-state index in [-0.39, 0.29) is 5.91 Å². The van der Waals surface area contributed by atoms with Gasteiger partial charge in [-0.15, -0.1) is 0 Å². The molecule has 5 heteroatoms. The van der Waals surface area contributed by atoms with Gasteiger partial charge in [-0.2, -0.15) is 0 Å². The molecule has 1 atom stereocenters. The van der Waals surface area contributed by atoms with Gasteiger partial charge in [-0.3, -0.25) is 4.79 Å². The molecule has 17 heavy (non-hydrogen) atoms. The van der Waals surface area contributed by atoms with Crippen LogP contribution >= 0.6 is 0 Å². The summed E-state index contributed by atoms with van der Waals surface area (Å²) in [7, 11) is 1.32. The van der Waals surface area contributed by atoms with Crippen LogP contribution in [-0.2, 0) is 14.3 Å². The number of ether oxygens (including phenoxy) is 1. The molecule has 0 saturated heterocycles. The minimum atomic E-state index is -0.775. The Morgan fingerprint density at radius 2 is 2.00 bits per heavy atom. The molecule has 98 valence electrons. The number of hydrogen-bond acceptors (Lipinski definition) is 4. The summed E-state index contributed by atoms with van der Waals surface area (Å²) in [6.07, 6.45) is 2.91. The lowest BCUT2D eigenvalue weighted by Gasteiger charge is -2.37. The number of nitrogens with one attached hydrogen (secondary N) is 1. The summed E-state index contributed by atoms with van der Waals surface area (Å²) in [6.45, 7) is 3.98. The molecule has 0 bridgehead atoms. The molecule has 0 aromatic rings. The summed E-state index contributed by atoms with van der Waals surface area (Å²) in [5.41, 5.74) is 5.13. The van der Waals surface area contributed by atoms with Crippen LogP contribution < -0.4 is 11.1 Å². The maximum atomic E-state index is 11.9. The number of methoxy groups -OCH3 is 1. The van der Waals surface area contributed by atoms with Crippen molar-refractivity contribution in [2.75, 3.05) is 7.11 Å². The standard InChI is InChI=1S/C12H22N2O3/c1-8(2)7-9(10(15)17-3)14-11(16)12(13)5-4-6-12/h8-9H,4-7,13H2,1-3H3,(H,14,16)/t9-/m0/s1. The molecule has 1 aliphatic carbocycles. The zero-order valence-corrected chi connectivity index (χ0v) is 10.8. The Kier molecular flexibility index (Phi) is 4.51. The first-order chi connectivity index (χ1) is 7.89. The smallest absolute Gasteiger partial charge is 0.328 e. The Morgan fingerprint density at radius 3 is 2.35 bits per heavy atom. The second-order valence-corrected chi connectivity index (χ2v) is 5.19. The SMILES string of the molecule is COC(=O)[C@H](CC(C)C)NC(=O)C1(N)CCC1. The van der Waals surface area contributed by atoms with Crippen LogP contribution in [0, 0.1) is 5.92 Å². The first kappa shape index (κ1) is 14.0. The first-order valence-electron chi connectivity index (χ1n) is 6.06. The lowest BCUT2D eigenvalue weighted by Crippen LogP contribution is -2.61. The van der Waals surface area contributed by atoms with Gasteiger partial charge in [0.05, 0.1) is 12.6 Å². The number of esters is 1. The second-order valence-electron chi connectivity index (χ2n) is 5.19. The summed E-state index contributed by atoms with van der Waals surface area (Å²) in [6, 6.07) is -0.589. The second kappa shape index (κ2) is 5.49. The molecule has 0 heterocycles. The van der Waals surface area contributed by atoms with Gasteiger partial charge < -0.3 is 15.8 Å². The van der Waals surface area contributed by atoms with Crippen molar-refractivity contribution in [3.63, 3.8) is 0 Å². The highest BCUT2D eigenvalue weighted by molar-refractivity contribution is 5.91. The number of hydrogen-bond donors (Lipinski definition) is 2. The molecule has 0 aliphatic heterocycles. The first-order valence-corrected chi connectivity index (χ1v) is 6.06. The molecule has 0 unspecified atom stereocenters. The predicted octanol–water partition coefficient (Wildman–Crippen LogP) is 0.572. The Balaban J connectivity index is 2.59. The molecule has 1 saturated carbocycles. The molecule has 1 aliphatic rings. The van der Waals surface area contributed by atoms with Crippen molar-refractivity contribution < 1.29 is 14.3 Å². The van der Waals surface area contributed by atoms with E-state index in [2.05, 4.69) is 10.1 Å². The van der Waals surface area contributed by atoms with Crippen molar-refractivity contribution in [2.45, 2.75) is 51.1 Å². The third-order valence-corrected chi connectivity index (χ3v) is 3.20. The topological polar surface area (TPSA) is 81.4 Å². The third kappa shape index (κ3) is 3.43. The van der Waals surface area contributed by atoms with Gasteiger partial charge in [-0.25, -0.2) is 4.79 Å². The van der Waals surface area contributed by atoms with Crippen molar-refractivity contribution in [3.8, 4) is 0 Å². The van der Waals surface area contributed by atoms with Gasteiger partial charge >= 0.3 is 5.97 Å². The quantitative estimate of drug-likeness (QED) is 0.691. The van der Waals surface area contributed by atoms with E-state index in [1.165, 1.54) is 7.11 Å². The Morgan fingerprint density at radius 1 is 1.41 bits per heavy atom. The molecule has 0 radical (unpaired) electrons. The lowest BCUT2D eigenvalue weighted by atomic mass is 9.77. The molecule has 3 N–H and O–H groups in total. The van der Waals surface area contributed by atoms with Gasteiger partial charge in [-0.1, -0.05) is 13.8 Å². The highest BCUT2D eigenvalue weighted by Crippen LogP contribution is 2.29. The molecule has 1 rings (SSSR count). The number of carbonyl (C=O) groups excluding carboxylic acids is 2. The molecular weight excluding hydrogens is 220 g/mol. The van der Waals surface area contributed by atoms with Gasteiger partial charge in [-0.05, 0) is 31.6 Å². The molecule has 1 fully saturated rings. The zero-order chi connectivity index (χ0) is 13.1. The van der Waals surface area contributed by atoms with Crippen LogP contribution in [0.1, 0.15) is 39.5 Å². The zero-order valence-electron chi connectivity index (χ0n) is 10.8. The molecular formula is C12H22N2O3. The van der Waals surface area contributed by atoms with Crippen molar-refractivity contribution in [1.82, 2.24) is 5.32 Å². The van der Waals surface area contributed by atoms with E-state index in [4.69, 9.17) is 5.73 Å². The van der Waals surface area contributed by atoms with Gasteiger partial charge in [0.1, 0.15) is 6.04 Å². The lowest BCUT2D eigenvalue weighted by molar-refractivity contribution is -0.146. The molecule has 0 spiro atoms. The fourth-order valence-electron chi connectivity index (χ4n) is 1.91. The molecule has 0 aromatic heterocycles. The fourth-order valence-corrected chi connectivity index (χ4v) is 1.91. The summed E-state index contributed by atoms with van der Waals surface area (Å²) in [5, 5.41) is 2.70. The Hall–Kier alpha value is -1.10. The molecule has 0 aromatic carbocycles. The van der Waals surface area contributed by atoms with Crippen LogP contribution in [0.5, 0.6) is 0 Å². The largest absolute Gasteiger partial charge is 0.467 e. The fraction of sp³-hybridized carbons (Fsp3) is 0.833. The van der Waals surface area contributed by atoms with Crippen molar-refractivity contribution >= 4 is 11.9 Å². The van der Waals surface area contributed by atoms with E-state index >= 15 is 0 Å². The number of amides is 1. The maximum Gasteiger partial charge on any atom is 0.328 e. The highest BCUT2D eigenvalue weighted by atomic mass is 16.5. The molecule has 1 amide bonds. The van der Waals surface area contributed by atoms with E-state index in [1.54, 1.807) is 0 Å². The van der Waals surface area contributed by atoms with Crippen LogP contribution in [0.4, 0.5) is 0 Å². The van der Waals surface area contributed by atoms with E-state index in [1.807, 2.05) is 13.8 Å². The van der Waals surface area contributed by atoms with Crippen molar-refractivity contribution in [3.05, 3.63) is 0 Å². The minimum Gasteiger partial charge on any atom is -0.467 e. The van der Waals surface area contributed by atoms with Crippen LogP contribution in [0.25, 0.3) is 0 Å². The normalized spacial score (nSPS) is 19.4. The summed E-state index contributed by atoms with van der Waals surface area (Å²) >= 11 is 0. The van der Waals surface area contributed by atoms with Crippen LogP contribution in [-0.4, -0.2) is 30.6 Å². The molecule has 5 nitrogen and oxygen atoms in total. The highest BCUT2D eigenvalue weighted by Gasteiger charge is 2.41. The number of carbonyl (C=O) groups is 2. The van der Waals surface area contributed by atoms with E-state index in [0.29, 0.717) is 25.2 Å². The van der Waals surface area contributed by atoms with Gasteiger partial charge in [0, 0.05) is 0 Å². The van der Waals surface area contributed by atoms with Crippen molar-refractivity contribution in [2.24, 2.45) is 11.7 Å². The van der Waals surface area contributed by atoms with Crippen LogP contribution in [0.3, 0.4) is 0 Å². The summed E-state index contributed by atoms with van der Waals surface area (Å²) in [5.74, 6) is -0.343.